The quantitative estimate of drug-likeness (QED) is 0.616. The first-order valence-corrected chi connectivity index (χ1v) is 5.94. The molecule has 0 aromatic rings. The lowest BCUT2D eigenvalue weighted by atomic mass is 10.0. The van der Waals surface area contributed by atoms with Gasteiger partial charge in [-0.25, -0.2) is 0 Å². The van der Waals surface area contributed by atoms with Crippen LogP contribution >= 0.6 is 0 Å². The van der Waals surface area contributed by atoms with E-state index in [0.29, 0.717) is 6.29 Å². The second kappa shape index (κ2) is 5.27. The van der Waals surface area contributed by atoms with Crippen molar-refractivity contribution < 1.29 is 14.4 Å². The third-order valence-corrected chi connectivity index (χ3v) is 3.35. The maximum absolute atomic E-state index is 11.9. The molecule has 0 bridgehead atoms. The summed E-state index contributed by atoms with van der Waals surface area (Å²) in [4.78, 5) is 37.0. The summed E-state index contributed by atoms with van der Waals surface area (Å²) < 4.78 is 0. The molecule has 6 heteroatoms. The average molecular weight is 239 g/mol. The normalized spacial score (nSPS) is 23.1. The zero-order chi connectivity index (χ0) is 12.3. The maximum atomic E-state index is 11.9. The summed E-state index contributed by atoms with van der Waals surface area (Å²) in [5.74, 6) is -0.173. The summed E-state index contributed by atoms with van der Waals surface area (Å²) in [6.07, 6.45) is 2.45. The number of aldehydes is 1. The van der Waals surface area contributed by atoms with Crippen LogP contribution < -0.4 is 5.32 Å². The largest absolute Gasteiger partial charge is 0.329 e. The molecule has 2 aliphatic heterocycles. The predicted molar refractivity (Wildman–Crippen MR) is 60.2 cm³/mol. The zero-order valence-corrected chi connectivity index (χ0v) is 9.72. The van der Waals surface area contributed by atoms with Crippen molar-refractivity contribution in [3.63, 3.8) is 0 Å². The highest BCUT2D eigenvalue weighted by Gasteiger charge is 2.34. The van der Waals surface area contributed by atoms with Gasteiger partial charge in [-0.1, -0.05) is 0 Å². The summed E-state index contributed by atoms with van der Waals surface area (Å²) in [5, 5.41) is 3.23. The molecule has 0 atom stereocenters. The number of nitrogens with one attached hydrogen (secondary N) is 1. The first kappa shape index (κ1) is 12.0. The fourth-order valence-electron chi connectivity index (χ4n) is 2.38. The van der Waals surface area contributed by atoms with Crippen molar-refractivity contribution in [2.45, 2.75) is 18.9 Å². The number of hydrogen-bond donors (Lipinski definition) is 1. The van der Waals surface area contributed by atoms with E-state index in [2.05, 4.69) is 5.32 Å². The van der Waals surface area contributed by atoms with Crippen LogP contribution in [-0.4, -0.2) is 66.7 Å². The molecule has 1 N–H and O–H groups in total. The Morgan fingerprint density at radius 2 is 1.88 bits per heavy atom. The maximum Gasteiger partial charge on any atom is 0.243 e. The first-order valence-electron chi connectivity index (χ1n) is 5.94. The van der Waals surface area contributed by atoms with Gasteiger partial charge in [0.2, 0.25) is 11.8 Å². The van der Waals surface area contributed by atoms with E-state index in [1.54, 1.807) is 4.90 Å². The fraction of sp³-hybridized carbons (Fsp3) is 0.727. The summed E-state index contributed by atoms with van der Waals surface area (Å²) in [6.45, 7) is 1.96. The summed E-state index contributed by atoms with van der Waals surface area (Å²) >= 11 is 0. The predicted octanol–water partition coefficient (Wildman–Crippen LogP) is -1.39. The number of carbonyl (C=O) groups is 3. The second-order valence-corrected chi connectivity index (χ2v) is 4.44. The summed E-state index contributed by atoms with van der Waals surface area (Å²) in [7, 11) is 0. The SMILES string of the molecule is O=CCN1CC(=O)N(C2CCNCC2)CC1=O. The monoisotopic (exact) mass is 239 g/mol. The molecule has 0 aromatic heterocycles. The molecular weight excluding hydrogens is 222 g/mol. The molecule has 94 valence electrons. The van der Waals surface area contributed by atoms with E-state index in [4.69, 9.17) is 0 Å². The lowest BCUT2D eigenvalue weighted by molar-refractivity contribution is -0.153. The molecule has 2 aliphatic rings. The molecule has 2 heterocycles. The van der Waals surface area contributed by atoms with Crippen molar-refractivity contribution in [2.75, 3.05) is 32.7 Å². The summed E-state index contributed by atoms with van der Waals surface area (Å²) in [6, 6.07) is 0.172. The Kier molecular flexibility index (Phi) is 3.73. The van der Waals surface area contributed by atoms with Gasteiger partial charge in [0, 0.05) is 6.04 Å². The molecule has 0 radical (unpaired) electrons. The third-order valence-electron chi connectivity index (χ3n) is 3.35. The standard InChI is InChI=1S/C11H17N3O3/c15-6-5-13-7-11(17)14(8-10(13)16)9-1-3-12-4-2-9/h6,9,12H,1-5,7-8H2. The molecule has 0 aromatic carbocycles. The number of piperazine rings is 1. The Bertz CT molecular complexity index is 326. The Morgan fingerprint density at radius 1 is 1.18 bits per heavy atom. The zero-order valence-electron chi connectivity index (χ0n) is 9.72. The molecule has 2 saturated heterocycles. The smallest absolute Gasteiger partial charge is 0.243 e. The van der Waals surface area contributed by atoms with Crippen LogP contribution in [0.4, 0.5) is 0 Å². The minimum Gasteiger partial charge on any atom is -0.329 e. The van der Waals surface area contributed by atoms with Crippen LogP contribution in [0.3, 0.4) is 0 Å². The highest BCUT2D eigenvalue weighted by molar-refractivity contribution is 5.93. The topological polar surface area (TPSA) is 69.7 Å². The van der Waals surface area contributed by atoms with E-state index in [9.17, 15) is 14.4 Å². The van der Waals surface area contributed by atoms with Gasteiger partial charge in [0.1, 0.15) is 19.4 Å². The molecule has 0 saturated carbocycles. The summed E-state index contributed by atoms with van der Waals surface area (Å²) in [5.41, 5.74) is 0. The molecule has 2 fully saturated rings. The van der Waals surface area contributed by atoms with E-state index in [0.717, 1.165) is 25.9 Å². The van der Waals surface area contributed by atoms with Crippen molar-refractivity contribution >= 4 is 18.1 Å². The number of nitrogens with zero attached hydrogens (tertiary/aromatic N) is 2. The highest BCUT2D eigenvalue weighted by atomic mass is 16.2. The highest BCUT2D eigenvalue weighted by Crippen LogP contribution is 2.15. The number of carbonyl (C=O) groups excluding carboxylic acids is 3. The number of hydrogen-bond acceptors (Lipinski definition) is 4. The van der Waals surface area contributed by atoms with Crippen molar-refractivity contribution in [1.29, 1.82) is 0 Å². The Balaban J connectivity index is 1.98. The molecule has 6 nitrogen and oxygen atoms in total. The average Bonchev–Trinajstić information content (AvgIpc) is 2.35. The lowest BCUT2D eigenvalue weighted by Gasteiger charge is -2.39. The van der Waals surface area contributed by atoms with Crippen LogP contribution in [0.1, 0.15) is 12.8 Å². The van der Waals surface area contributed by atoms with Crippen LogP contribution in [0.25, 0.3) is 0 Å². The van der Waals surface area contributed by atoms with Gasteiger partial charge in [-0.3, -0.25) is 9.59 Å². The van der Waals surface area contributed by atoms with Crippen molar-refractivity contribution in [1.82, 2.24) is 15.1 Å². The van der Waals surface area contributed by atoms with Crippen LogP contribution in [0.15, 0.2) is 0 Å². The van der Waals surface area contributed by atoms with Gasteiger partial charge in [-0.05, 0) is 25.9 Å². The third kappa shape index (κ3) is 2.63. The molecule has 2 amide bonds. The molecule has 0 spiro atoms. The minimum absolute atomic E-state index is 0.0185. The van der Waals surface area contributed by atoms with Crippen LogP contribution in [-0.2, 0) is 14.4 Å². The van der Waals surface area contributed by atoms with Crippen LogP contribution in [0.2, 0.25) is 0 Å². The van der Waals surface area contributed by atoms with Gasteiger partial charge < -0.3 is 19.9 Å². The lowest BCUT2D eigenvalue weighted by Crippen LogP contribution is -2.58. The van der Waals surface area contributed by atoms with Gasteiger partial charge in [0.05, 0.1) is 6.54 Å². The van der Waals surface area contributed by atoms with Gasteiger partial charge in [0.25, 0.3) is 0 Å². The van der Waals surface area contributed by atoms with Crippen molar-refractivity contribution in [3.05, 3.63) is 0 Å². The van der Waals surface area contributed by atoms with E-state index >= 15 is 0 Å². The van der Waals surface area contributed by atoms with E-state index in [1.807, 2.05) is 0 Å². The van der Waals surface area contributed by atoms with E-state index in [1.165, 1.54) is 4.90 Å². The second-order valence-electron chi connectivity index (χ2n) is 4.44. The Labute approximate surface area is 99.9 Å². The van der Waals surface area contributed by atoms with Gasteiger partial charge in [0.15, 0.2) is 0 Å². The van der Waals surface area contributed by atoms with E-state index < -0.39 is 0 Å². The fourth-order valence-corrected chi connectivity index (χ4v) is 2.38. The van der Waals surface area contributed by atoms with E-state index in [-0.39, 0.29) is 37.5 Å². The minimum atomic E-state index is -0.129. The van der Waals surface area contributed by atoms with Crippen molar-refractivity contribution in [3.8, 4) is 0 Å². The van der Waals surface area contributed by atoms with Gasteiger partial charge >= 0.3 is 0 Å². The molecule has 0 unspecified atom stereocenters. The molecule has 0 aliphatic carbocycles. The Morgan fingerprint density at radius 3 is 2.53 bits per heavy atom. The van der Waals surface area contributed by atoms with Gasteiger partial charge in [-0.2, -0.15) is 0 Å². The van der Waals surface area contributed by atoms with Crippen LogP contribution in [0.5, 0.6) is 0 Å². The molecule has 17 heavy (non-hydrogen) atoms. The number of piperidine rings is 1. The Hall–Kier alpha value is -1.43. The van der Waals surface area contributed by atoms with Crippen molar-refractivity contribution in [2.24, 2.45) is 0 Å². The number of amides is 2. The molecular formula is C11H17N3O3. The van der Waals surface area contributed by atoms with Gasteiger partial charge in [-0.15, -0.1) is 0 Å². The first-order chi connectivity index (χ1) is 8.22. The molecule has 2 rings (SSSR count). The number of rotatable bonds is 3. The van der Waals surface area contributed by atoms with Crippen LogP contribution in [0, 0.1) is 0 Å².